The van der Waals surface area contributed by atoms with E-state index in [2.05, 4.69) is 15.2 Å². The van der Waals surface area contributed by atoms with Crippen LogP contribution in [0.15, 0.2) is 48.1 Å². The normalized spacial score (nSPS) is 10.8. The van der Waals surface area contributed by atoms with E-state index in [9.17, 15) is 23.7 Å². The number of thiophene rings is 1. The van der Waals surface area contributed by atoms with Gasteiger partial charge in [-0.05, 0) is 41.3 Å². The standard InChI is InChI=1S/C16H12F2N4O4S/c17-16(18)26-13-3-1-11(2-4-13)20-15(23)14-5-10(9-27-14)7-21-8-12(6-19-21)22(24)25/h1-6,8-9,16H,7H2,(H,20,23). The van der Waals surface area contributed by atoms with Gasteiger partial charge in [-0.1, -0.05) is 0 Å². The van der Waals surface area contributed by atoms with Gasteiger partial charge in [-0.3, -0.25) is 19.6 Å². The second-order valence-electron chi connectivity index (χ2n) is 5.33. The molecule has 1 N–H and O–H groups in total. The van der Waals surface area contributed by atoms with Crippen LogP contribution in [-0.4, -0.2) is 27.2 Å². The van der Waals surface area contributed by atoms with Crippen LogP contribution < -0.4 is 10.1 Å². The molecular formula is C16H12F2N4O4S. The highest BCUT2D eigenvalue weighted by molar-refractivity contribution is 7.12. The summed E-state index contributed by atoms with van der Waals surface area (Å²) in [6.45, 7) is -2.62. The molecule has 0 saturated carbocycles. The Labute approximate surface area is 155 Å². The van der Waals surface area contributed by atoms with E-state index < -0.39 is 11.5 Å². The van der Waals surface area contributed by atoms with Gasteiger partial charge in [0.05, 0.1) is 16.3 Å². The average molecular weight is 394 g/mol. The first-order chi connectivity index (χ1) is 12.9. The van der Waals surface area contributed by atoms with Crippen molar-refractivity contribution in [2.24, 2.45) is 0 Å². The molecule has 0 aliphatic rings. The van der Waals surface area contributed by atoms with Crippen LogP contribution in [0, 0.1) is 10.1 Å². The van der Waals surface area contributed by atoms with Gasteiger partial charge in [-0.2, -0.15) is 13.9 Å². The quantitative estimate of drug-likeness (QED) is 0.486. The van der Waals surface area contributed by atoms with Crippen molar-refractivity contribution in [2.45, 2.75) is 13.2 Å². The molecule has 0 aliphatic carbocycles. The Kier molecular flexibility index (Phi) is 5.41. The molecule has 27 heavy (non-hydrogen) atoms. The van der Waals surface area contributed by atoms with Crippen molar-refractivity contribution in [3.63, 3.8) is 0 Å². The van der Waals surface area contributed by atoms with E-state index in [4.69, 9.17) is 0 Å². The maximum atomic E-state index is 12.3. The van der Waals surface area contributed by atoms with Gasteiger partial charge in [0.1, 0.15) is 18.1 Å². The maximum Gasteiger partial charge on any atom is 0.387 e. The topological polar surface area (TPSA) is 99.3 Å². The molecule has 0 bridgehead atoms. The first-order valence-corrected chi connectivity index (χ1v) is 8.39. The zero-order chi connectivity index (χ0) is 19.4. The largest absolute Gasteiger partial charge is 0.435 e. The Morgan fingerprint density at radius 3 is 2.74 bits per heavy atom. The van der Waals surface area contributed by atoms with Gasteiger partial charge in [-0.15, -0.1) is 11.3 Å². The Morgan fingerprint density at radius 1 is 1.37 bits per heavy atom. The zero-order valence-corrected chi connectivity index (χ0v) is 14.4. The molecule has 8 nitrogen and oxygen atoms in total. The van der Waals surface area contributed by atoms with Crippen LogP contribution >= 0.6 is 11.3 Å². The lowest BCUT2D eigenvalue weighted by Crippen LogP contribution is -2.10. The molecule has 3 aromatic rings. The summed E-state index contributed by atoms with van der Waals surface area (Å²) in [7, 11) is 0. The van der Waals surface area contributed by atoms with E-state index >= 15 is 0 Å². The fraction of sp³-hybridized carbons (Fsp3) is 0.125. The van der Waals surface area contributed by atoms with E-state index in [0.29, 0.717) is 10.6 Å². The highest BCUT2D eigenvalue weighted by atomic mass is 32.1. The van der Waals surface area contributed by atoms with Crippen molar-refractivity contribution in [3.8, 4) is 5.75 Å². The number of amides is 1. The van der Waals surface area contributed by atoms with E-state index in [0.717, 1.165) is 11.8 Å². The smallest absolute Gasteiger partial charge is 0.387 e. The number of alkyl halides is 2. The number of carbonyl (C=O) groups is 1. The monoisotopic (exact) mass is 394 g/mol. The van der Waals surface area contributed by atoms with Crippen molar-refractivity contribution in [3.05, 3.63) is 68.7 Å². The van der Waals surface area contributed by atoms with E-state index in [1.165, 1.54) is 46.5 Å². The number of rotatable bonds is 7. The maximum absolute atomic E-state index is 12.3. The predicted molar refractivity (Wildman–Crippen MR) is 93.3 cm³/mol. The fourth-order valence-corrected chi connectivity index (χ4v) is 3.01. The number of hydrogen-bond acceptors (Lipinski definition) is 6. The van der Waals surface area contributed by atoms with Crippen molar-refractivity contribution in [1.82, 2.24) is 9.78 Å². The number of nitrogens with zero attached hydrogens (tertiary/aromatic N) is 3. The second-order valence-corrected chi connectivity index (χ2v) is 6.24. The summed E-state index contributed by atoms with van der Waals surface area (Å²) < 4.78 is 29.9. The van der Waals surface area contributed by atoms with Gasteiger partial charge in [0, 0.05) is 5.69 Å². The van der Waals surface area contributed by atoms with Crippen LogP contribution in [0.4, 0.5) is 20.2 Å². The lowest BCUT2D eigenvalue weighted by molar-refractivity contribution is -0.385. The van der Waals surface area contributed by atoms with E-state index in [1.807, 2.05) is 0 Å². The van der Waals surface area contributed by atoms with E-state index in [1.54, 1.807) is 11.4 Å². The Bertz CT molecular complexity index is 955. The minimum Gasteiger partial charge on any atom is -0.435 e. The van der Waals surface area contributed by atoms with Crippen molar-refractivity contribution >= 4 is 28.6 Å². The van der Waals surface area contributed by atoms with Crippen molar-refractivity contribution in [1.29, 1.82) is 0 Å². The molecule has 11 heteroatoms. The summed E-state index contributed by atoms with van der Waals surface area (Å²) in [6.07, 6.45) is 2.46. The molecule has 2 heterocycles. The Hall–Kier alpha value is -3.34. The summed E-state index contributed by atoms with van der Waals surface area (Å²) in [6, 6.07) is 7.21. The number of ether oxygens (including phenoxy) is 1. The number of anilines is 1. The molecule has 1 aromatic carbocycles. The molecule has 0 fully saturated rings. The third-order valence-electron chi connectivity index (χ3n) is 3.39. The van der Waals surface area contributed by atoms with Gasteiger partial charge >= 0.3 is 12.3 Å². The average Bonchev–Trinajstić information content (AvgIpc) is 3.26. The predicted octanol–water partition coefficient (Wildman–Crippen LogP) is 3.75. The molecule has 0 unspecified atom stereocenters. The number of halogens is 2. The highest BCUT2D eigenvalue weighted by Crippen LogP contribution is 2.21. The first kappa shape index (κ1) is 18.5. The summed E-state index contributed by atoms with van der Waals surface area (Å²) in [5.74, 6) is -0.366. The van der Waals surface area contributed by atoms with Crippen LogP contribution in [-0.2, 0) is 6.54 Å². The van der Waals surface area contributed by atoms with E-state index in [-0.39, 0.29) is 23.9 Å². The van der Waals surface area contributed by atoms with Gasteiger partial charge in [0.15, 0.2) is 0 Å². The van der Waals surface area contributed by atoms with Crippen LogP contribution in [0.3, 0.4) is 0 Å². The zero-order valence-electron chi connectivity index (χ0n) is 13.5. The van der Waals surface area contributed by atoms with Gasteiger partial charge in [0.2, 0.25) is 0 Å². The molecule has 0 spiro atoms. The van der Waals surface area contributed by atoms with Crippen molar-refractivity contribution in [2.75, 3.05) is 5.32 Å². The third-order valence-corrected chi connectivity index (χ3v) is 4.37. The molecular weight excluding hydrogens is 382 g/mol. The highest BCUT2D eigenvalue weighted by Gasteiger charge is 2.13. The fourth-order valence-electron chi connectivity index (χ4n) is 2.21. The molecule has 2 aromatic heterocycles. The van der Waals surface area contributed by atoms with Crippen LogP contribution in [0.25, 0.3) is 0 Å². The van der Waals surface area contributed by atoms with Gasteiger partial charge < -0.3 is 10.1 Å². The summed E-state index contributed by atoms with van der Waals surface area (Å²) in [5, 5.41) is 19.0. The minimum absolute atomic E-state index is 0.00488. The molecule has 0 aliphatic heterocycles. The lowest BCUT2D eigenvalue weighted by Gasteiger charge is -2.06. The number of benzene rings is 1. The van der Waals surface area contributed by atoms with Crippen LogP contribution in [0.2, 0.25) is 0 Å². The first-order valence-electron chi connectivity index (χ1n) is 7.51. The Balaban J connectivity index is 1.61. The number of aromatic nitrogens is 2. The third kappa shape index (κ3) is 4.85. The molecule has 0 radical (unpaired) electrons. The minimum atomic E-state index is -2.91. The van der Waals surface area contributed by atoms with Crippen molar-refractivity contribution < 1.29 is 23.2 Å². The number of carbonyl (C=O) groups excluding carboxylic acids is 1. The molecule has 1 amide bonds. The summed E-state index contributed by atoms with van der Waals surface area (Å²) in [4.78, 5) is 22.8. The SMILES string of the molecule is O=C(Nc1ccc(OC(F)F)cc1)c1cc(Cn2cc([N+](=O)[O-])cn2)cs1. The molecule has 0 saturated heterocycles. The van der Waals surface area contributed by atoms with Gasteiger partial charge in [-0.25, -0.2) is 0 Å². The molecule has 140 valence electrons. The second kappa shape index (κ2) is 7.91. The van der Waals surface area contributed by atoms with Crippen LogP contribution in [0.5, 0.6) is 5.75 Å². The molecule has 3 rings (SSSR count). The van der Waals surface area contributed by atoms with Gasteiger partial charge in [0.25, 0.3) is 5.91 Å². The summed E-state index contributed by atoms with van der Waals surface area (Å²) in [5.41, 5.74) is 1.09. The Morgan fingerprint density at radius 2 is 2.11 bits per heavy atom. The number of hydrogen-bond donors (Lipinski definition) is 1. The lowest BCUT2D eigenvalue weighted by atomic mass is 10.2. The number of nitrogens with one attached hydrogen (secondary N) is 1. The summed E-state index contributed by atoms with van der Waals surface area (Å²) >= 11 is 1.21. The van der Waals surface area contributed by atoms with Crippen LogP contribution in [0.1, 0.15) is 15.2 Å². The molecule has 0 atom stereocenters. The number of nitro groups is 1.